The molecule has 0 unspecified atom stereocenters. The number of carbonyl (C=O) groups is 1. The smallest absolute Gasteiger partial charge is 0.216 e. The summed E-state index contributed by atoms with van der Waals surface area (Å²) >= 11 is 3.76. The monoisotopic (exact) mass is 181 g/mol. The Hall–Kier alpha value is -0.960. The maximum atomic E-state index is 11.0. The van der Waals surface area contributed by atoms with Crippen molar-refractivity contribution in [3.8, 4) is 0 Å². The van der Waals surface area contributed by atoms with Gasteiger partial charge in [0.05, 0.1) is 0 Å². The van der Waals surface area contributed by atoms with Gasteiger partial charge in [0.15, 0.2) is 0 Å². The fraction of sp³-hybridized carbons (Fsp3) is 0.222. The van der Waals surface area contributed by atoms with Gasteiger partial charge in [-0.3, -0.25) is 4.79 Å². The predicted molar refractivity (Wildman–Crippen MR) is 53.5 cm³/mol. The van der Waals surface area contributed by atoms with E-state index in [4.69, 9.17) is 5.73 Å². The van der Waals surface area contributed by atoms with Crippen molar-refractivity contribution in [3.63, 3.8) is 0 Å². The lowest BCUT2D eigenvalue weighted by molar-refractivity contribution is 0.109. The quantitative estimate of drug-likeness (QED) is 0.540. The number of benzene rings is 1. The standard InChI is InChI=1S/C9H11NOS/c1-2-6-7(9(11)12)4-3-5-8(6)10/h3-5H,2,10H2,1H3,(H,11,12). The lowest BCUT2D eigenvalue weighted by atomic mass is 10.0. The summed E-state index contributed by atoms with van der Waals surface area (Å²) in [5.41, 5.74) is 7.85. The lowest BCUT2D eigenvalue weighted by Gasteiger charge is -2.06. The highest BCUT2D eigenvalue weighted by Gasteiger charge is 2.07. The van der Waals surface area contributed by atoms with Crippen molar-refractivity contribution in [2.24, 2.45) is 0 Å². The number of carbonyl (C=O) groups excluding carboxylic acids is 1. The van der Waals surface area contributed by atoms with Crippen LogP contribution in [0.3, 0.4) is 0 Å². The van der Waals surface area contributed by atoms with E-state index in [-0.39, 0.29) is 5.12 Å². The van der Waals surface area contributed by atoms with E-state index in [1.165, 1.54) is 0 Å². The van der Waals surface area contributed by atoms with Crippen LogP contribution >= 0.6 is 12.6 Å². The van der Waals surface area contributed by atoms with Crippen molar-refractivity contribution in [2.45, 2.75) is 13.3 Å². The molecular formula is C9H11NOS. The molecule has 0 heterocycles. The molecule has 0 aromatic heterocycles. The molecule has 0 amide bonds. The Morgan fingerprint density at radius 3 is 2.67 bits per heavy atom. The molecule has 1 aromatic carbocycles. The van der Waals surface area contributed by atoms with Crippen LogP contribution in [-0.4, -0.2) is 5.12 Å². The summed E-state index contributed by atoms with van der Waals surface area (Å²) in [6, 6.07) is 5.29. The average Bonchev–Trinajstić information content (AvgIpc) is 2.03. The second-order valence-corrected chi connectivity index (χ2v) is 2.94. The van der Waals surface area contributed by atoms with Crippen LogP contribution in [0.15, 0.2) is 18.2 Å². The minimum atomic E-state index is -0.223. The van der Waals surface area contributed by atoms with Gasteiger partial charge in [-0.25, -0.2) is 0 Å². The summed E-state index contributed by atoms with van der Waals surface area (Å²) in [6.45, 7) is 1.96. The first-order valence-electron chi connectivity index (χ1n) is 3.77. The topological polar surface area (TPSA) is 43.1 Å². The zero-order valence-electron chi connectivity index (χ0n) is 6.87. The SMILES string of the molecule is CCc1c(N)cccc1C(=O)S. The first-order valence-corrected chi connectivity index (χ1v) is 4.22. The van der Waals surface area contributed by atoms with Crippen LogP contribution in [0.25, 0.3) is 0 Å². The van der Waals surface area contributed by atoms with Crippen molar-refractivity contribution in [1.29, 1.82) is 0 Å². The molecule has 0 aliphatic rings. The Kier molecular flexibility index (Phi) is 2.76. The summed E-state index contributed by atoms with van der Waals surface area (Å²) in [4.78, 5) is 11.0. The summed E-state index contributed by atoms with van der Waals surface area (Å²) in [5.74, 6) is 0. The second-order valence-electron chi connectivity index (χ2n) is 2.53. The largest absolute Gasteiger partial charge is 0.398 e. The van der Waals surface area contributed by atoms with Crippen LogP contribution in [0.1, 0.15) is 22.8 Å². The highest BCUT2D eigenvalue weighted by Crippen LogP contribution is 2.18. The van der Waals surface area contributed by atoms with Crippen LogP contribution in [0, 0.1) is 0 Å². The number of nitrogens with two attached hydrogens (primary N) is 1. The summed E-state index contributed by atoms with van der Waals surface area (Å²) in [6.07, 6.45) is 0.758. The molecular weight excluding hydrogens is 170 g/mol. The van der Waals surface area contributed by atoms with Crippen molar-refractivity contribution >= 4 is 23.4 Å². The Morgan fingerprint density at radius 1 is 1.58 bits per heavy atom. The summed E-state index contributed by atoms with van der Waals surface area (Å²) in [7, 11) is 0. The summed E-state index contributed by atoms with van der Waals surface area (Å²) < 4.78 is 0. The van der Waals surface area contributed by atoms with E-state index in [9.17, 15) is 4.79 Å². The normalized spacial score (nSPS) is 9.83. The molecule has 2 nitrogen and oxygen atoms in total. The maximum Gasteiger partial charge on any atom is 0.216 e. The van der Waals surface area contributed by atoms with Gasteiger partial charge in [0.25, 0.3) is 0 Å². The van der Waals surface area contributed by atoms with Gasteiger partial charge < -0.3 is 5.73 Å². The van der Waals surface area contributed by atoms with Gasteiger partial charge >= 0.3 is 0 Å². The van der Waals surface area contributed by atoms with E-state index in [1.54, 1.807) is 18.2 Å². The Morgan fingerprint density at radius 2 is 2.25 bits per heavy atom. The van der Waals surface area contributed by atoms with Gasteiger partial charge in [0.1, 0.15) is 0 Å². The third-order valence-corrected chi connectivity index (χ3v) is 2.04. The third kappa shape index (κ3) is 1.61. The molecule has 3 heteroatoms. The fourth-order valence-electron chi connectivity index (χ4n) is 1.20. The maximum absolute atomic E-state index is 11.0. The van der Waals surface area contributed by atoms with Crippen LogP contribution in [0.2, 0.25) is 0 Å². The minimum absolute atomic E-state index is 0.223. The first-order chi connectivity index (χ1) is 5.66. The van der Waals surface area contributed by atoms with Crippen molar-refractivity contribution in [3.05, 3.63) is 29.3 Å². The number of rotatable bonds is 2. The average molecular weight is 181 g/mol. The molecule has 0 aliphatic heterocycles. The van der Waals surface area contributed by atoms with Gasteiger partial charge in [-0.05, 0) is 18.1 Å². The number of anilines is 1. The molecule has 12 heavy (non-hydrogen) atoms. The molecule has 1 aromatic rings. The molecule has 0 bridgehead atoms. The van der Waals surface area contributed by atoms with E-state index in [2.05, 4.69) is 12.6 Å². The molecule has 0 saturated heterocycles. The van der Waals surface area contributed by atoms with Gasteiger partial charge in [-0.2, -0.15) is 0 Å². The molecule has 64 valence electrons. The molecule has 0 spiro atoms. The summed E-state index contributed by atoms with van der Waals surface area (Å²) in [5, 5.41) is -0.223. The molecule has 1 rings (SSSR count). The van der Waals surface area contributed by atoms with E-state index in [0.717, 1.165) is 12.0 Å². The molecule has 0 saturated carbocycles. The second kappa shape index (κ2) is 3.63. The Labute approximate surface area is 77.2 Å². The minimum Gasteiger partial charge on any atom is -0.398 e. The molecule has 0 aliphatic carbocycles. The van der Waals surface area contributed by atoms with Crippen LogP contribution in [0.4, 0.5) is 5.69 Å². The van der Waals surface area contributed by atoms with Crippen LogP contribution in [0.5, 0.6) is 0 Å². The Balaban J connectivity index is 3.27. The zero-order chi connectivity index (χ0) is 9.14. The molecule has 2 N–H and O–H groups in total. The van der Waals surface area contributed by atoms with Crippen LogP contribution < -0.4 is 5.73 Å². The van der Waals surface area contributed by atoms with E-state index >= 15 is 0 Å². The van der Waals surface area contributed by atoms with Crippen LogP contribution in [-0.2, 0) is 6.42 Å². The first kappa shape index (κ1) is 9.13. The molecule has 0 fully saturated rings. The highest BCUT2D eigenvalue weighted by atomic mass is 32.1. The molecule has 0 atom stereocenters. The number of hydrogen-bond donors (Lipinski definition) is 2. The third-order valence-electron chi connectivity index (χ3n) is 1.80. The highest BCUT2D eigenvalue weighted by molar-refractivity contribution is 7.97. The van der Waals surface area contributed by atoms with E-state index in [0.29, 0.717) is 11.3 Å². The van der Waals surface area contributed by atoms with Crippen molar-refractivity contribution < 1.29 is 4.79 Å². The fourth-order valence-corrected chi connectivity index (χ4v) is 1.41. The number of nitrogen functional groups attached to an aromatic ring is 1. The van der Waals surface area contributed by atoms with Gasteiger partial charge in [0, 0.05) is 11.3 Å². The van der Waals surface area contributed by atoms with Gasteiger partial charge in [-0.1, -0.05) is 19.1 Å². The van der Waals surface area contributed by atoms with Crippen molar-refractivity contribution in [2.75, 3.05) is 5.73 Å². The zero-order valence-corrected chi connectivity index (χ0v) is 7.77. The van der Waals surface area contributed by atoms with Gasteiger partial charge in [-0.15, -0.1) is 12.6 Å². The molecule has 0 radical (unpaired) electrons. The van der Waals surface area contributed by atoms with Gasteiger partial charge in [0.2, 0.25) is 5.12 Å². The number of thiol groups is 1. The van der Waals surface area contributed by atoms with Crippen molar-refractivity contribution in [1.82, 2.24) is 0 Å². The lowest BCUT2D eigenvalue weighted by Crippen LogP contribution is -2.01. The number of hydrogen-bond acceptors (Lipinski definition) is 2. The predicted octanol–water partition coefficient (Wildman–Crippen LogP) is 1.90. The Bertz CT molecular complexity index is 309. The van der Waals surface area contributed by atoms with E-state index in [1.807, 2.05) is 6.92 Å². The van der Waals surface area contributed by atoms with E-state index < -0.39 is 0 Å².